The number of hydrogen-bond acceptors (Lipinski definition) is 8. The number of allylic oxidation sites excluding steroid dienone is 2. The van der Waals surface area contributed by atoms with Gasteiger partial charge < -0.3 is 40.5 Å². The average molecular weight is 1300 g/mol. The van der Waals surface area contributed by atoms with Crippen LogP contribution in [0.2, 0.25) is 0 Å². The molecule has 2 radical (unpaired) electrons. The van der Waals surface area contributed by atoms with Gasteiger partial charge in [-0.05, 0) is 141 Å². The SMILES string of the molecule is CCCCCCC(C)(C)C(=O)O.CCCCCCC(C)(C)C(=O)O.CCCCCCC(C/C=C\CCCCCCCC(=O)O)OC(=O)NCCC1(C)CC(NC(=O)OC(C/C=C\CCCCCCCC(=O)O)CCCCCC)CC(C)(C)C1.[Co+2].[Co+2]. The molecule has 0 heterocycles. The molecule has 0 aromatic carbocycles. The van der Waals surface area contributed by atoms with Gasteiger partial charge in [-0.1, -0.05) is 201 Å². The Morgan fingerprint density at radius 2 is 0.859 bits per heavy atom. The van der Waals surface area contributed by atoms with E-state index in [0.29, 0.717) is 19.4 Å². The predicted molar refractivity (Wildman–Crippen MR) is 341 cm³/mol. The van der Waals surface area contributed by atoms with Crippen molar-refractivity contribution < 1.29 is 92.2 Å². The average Bonchev–Trinajstić information content (AvgIpc) is 3.30. The van der Waals surface area contributed by atoms with E-state index in [0.717, 1.165) is 193 Å². The Morgan fingerprint density at radius 1 is 0.494 bits per heavy atom. The first kappa shape index (κ1) is 88.3. The zero-order valence-electron chi connectivity index (χ0n) is 55.8. The van der Waals surface area contributed by atoms with Crippen molar-refractivity contribution in [3.05, 3.63) is 24.3 Å². The number of carboxylic acid groups (broad SMARTS) is 4. The summed E-state index contributed by atoms with van der Waals surface area (Å²) in [6.45, 7) is 23.2. The number of unbranched alkanes of at least 4 members (excludes halogenated alkanes) is 22. The summed E-state index contributed by atoms with van der Waals surface area (Å²) in [7, 11) is 0. The summed E-state index contributed by atoms with van der Waals surface area (Å²) in [6, 6.07) is -0.00814. The van der Waals surface area contributed by atoms with Crippen molar-refractivity contribution in [1.82, 2.24) is 10.6 Å². The summed E-state index contributed by atoms with van der Waals surface area (Å²) in [6.07, 6.45) is 46.6. The zero-order valence-corrected chi connectivity index (χ0v) is 57.8. The van der Waals surface area contributed by atoms with Crippen LogP contribution in [0.25, 0.3) is 0 Å². The largest absolute Gasteiger partial charge is 2.00 e. The Morgan fingerprint density at radius 3 is 1.25 bits per heavy atom. The van der Waals surface area contributed by atoms with Crippen molar-refractivity contribution in [1.29, 1.82) is 0 Å². The van der Waals surface area contributed by atoms with E-state index >= 15 is 0 Å². The van der Waals surface area contributed by atoms with Gasteiger partial charge in [0.1, 0.15) is 12.2 Å². The summed E-state index contributed by atoms with van der Waals surface area (Å²) in [5.41, 5.74) is -1.11. The molecule has 4 atom stereocenters. The summed E-state index contributed by atoms with van der Waals surface area (Å²) >= 11 is 0. The standard InChI is InChI=1S/C49H88N2O8.2C10H20O2.2Co/c1-6-8-10-24-30-42(32-26-20-16-12-14-18-22-28-34-44(52)53)58-46(56)50-37-36-49(5)39-41(38-48(3,4)40-49)51-47(57)59-43(31-25-11-9-7-2)33-27-21-17-13-15-19-23-29-35-45(54)55;2*1-4-5-6-7-8-10(2,3)9(11)12;;/h20-21,26-27,41-43H,6-19,22-25,28-40H2,1-5H3,(H,50,56)(H,51,57)(H,52,53)(H,54,55);2*4-8H2,1-3H3,(H,11,12);;/q;;;2*+2/b26-20-,27-21-;;;;. The monoisotopic (exact) mass is 1290 g/mol. The van der Waals surface area contributed by atoms with Crippen LogP contribution in [0.3, 0.4) is 0 Å². The van der Waals surface area contributed by atoms with Crippen molar-refractivity contribution in [2.24, 2.45) is 21.7 Å². The van der Waals surface area contributed by atoms with Gasteiger partial charge in [0.2, 0.25) is 0 Å². The number of carbonyl (C=O) groups excluding carboxylic acids is 2. The van der Waals surface area contributed by atoms with Crippen LogP contribution in [-0.2, 0) is 62.2 Å². The number of amides is 2. The van der Waals surface area contributed by atoms with Crippen LogP contribution in [0.5, 0.6) is 0 Å². The van der Waals surface area contributed by atoms with E-state index in [9.17, 15) is 28.8 Å². The smallest absolute Gasteiger partial charge is 0.481 e. The van der Waals surface area contributed by atoms with Crippen molar-refractivity contribution >= 4 is 36.1 Å². The third kappa shape index (κ3) is 54.8. The van der Waals surface area contributed by atoms with Gasteiger partial charge in [0.15, 0.2) is 0 Å². The molecule has 0 aromatic heterocycles. The molecule has 0 aliphatic heterocycles. The third-order valence-electron chi connectivity index (χ3n) is 16.2. The molecule has 0 spiro atoms. The second-order valence-corrected chi connectivity index (χ2v) is 26.6. The summed E-state index contributed by atoms with van der Waals surface area (Å²) in [4.78, 5) is 69.1. The van der Waals surface area contributed by atoms with E-state index in [1.807, 2.05) is 0 Å². The van der Waals surface area contributed by atoms with Crippen LogP contribution in [-0.4, -0.2) is 81.3 Å². The van der Waals surface area contributed by atoms with E-state index < -0.39 is 34.7 Å². The Kier molecular flexibility index (Phi) is 57.2. The van der Waals surface area contributed by atoms with Crippen LogP contribution < -0.4 is 10.6 Å². The Bertz CT molecular complexity index is 1720. The first-order valence-electron chi connectivity index (χ1n) is 33.4. The zero-order chi connectivity index (χ0) is 62.8. The molecule has 14 nitrogen and oxygen atoms in total. The number of rotatable bonds is 48. The van der Waals surface area contributed by atoms with E-state index in [1.165, 1.54) is 38.5 Å². The maximum atomic E-state index is 13.4. The number of carboxylic acids is 4. The Hall–Kier alpha value is -3.09. The minimum absolute atomic E-state index is 0. The summed E-state index contributed by atoms with van der Waals surface area (Å²) < 4.78 is 12.0. The van der Waals surface area contributed by atoms with E-state index in [-0.39, 0.29) is 87.7 Å². The van der Waals surface area contributed by atoms with Gasteiger partial charge in [0.05, 0.1) is 10.8 Å². The molecule has 4 unspecified atom stereocenters. The minimum atomic E-state index is -0.719. The van der Waals surface area contributed by atoms with Gasteiger partial charge >= 0.3 is 69.6 Å². The van der Waals surface area contributed by atoms with Crippen LogP contribution >= 0.6 is 0 Å². The van der Waals surface area contributed by atoms with Gasteiger partial charge in [-0.25, -0.2) is 9.59 Å². The molecule has 500 valence electrons. The molecule has 1 aliphatic rings. The number of alkyl carbamates (subject to hydrolysis) is 2. The Balaban J connectivity index is -0.00000104. The fourth-order valence-electron chi connectivity index (χ4n) is 11.1. The molecule has 6 N–H and O–H groups in total. The van der Waals surface area contributed by atoms with Gasteiger partial charge in [-0.15, -0.1) is 0 Å². The third-order valence-corrected chi connectivity index (χ3v) is 16.2. The second kappa shape index (κ2) is 55.0. The maximum Gasteiger partial charge on any atom is 2.00 e. The number of carbonyl (C=O) groups is 6. The number of hydrogen-bond donors (Lipinski definition) is 6. The maximum absolute atomic E-state index is 13.4. The van der Waals surface area contributed by atoms with Crippen LogP contribution in [0.15, 0.2) is 24.3 Å². The predicted octanol–water partition coefficient (Wildman–Crippen LogP) is 19.7. The minimum Gasteiger partial charge on any atom is -0.481 e. The topological polar surface area (TPSA) is 226 Å². The molecular weight excluding hydrogens is 1170 g/mol. The van der Waals surface area contributed by atoms with E-state index in [4.69, 9.17) is 29.9 Å². The normalized spacial score (nSPS) is 16.3. The van der Waals surface area contributed by atoms with Gasteiger partial charge in [0.25, 0.3) is 0 Å². The number of ether oxygens (including phenoxy) is 2. The summed E-state index contributed by atoms with van der Waals surface area (Å²) in [5, 5.41) is 41.5. The van der Waals surface area contributed by atoms with Crippen LogP contribution in [0.1, 0.15) is 333 Å². The van der Waals surface area contributed by atoms with Crippen molar-refractivity contribution in [3.8, 4) is 0 Å². The molecular formula is C69H128Co2N2O12+4. The molecule has 1 fully saturated rings. The van der Waals surface area contributed by atoms with E-state index in [2.05, 4.69) is 83.4 Å². The Labute approximate surface area is 539 Å². The van der Waals surface area contributed by atoms with Crippen LogP contribution in [0, 0.1) is 21.7 Å². The number of aliphatic carboxylic acids is 4. The molecule has 1 saturated carbocycles. The van der Waals surface area contributed by atoms with Gasteiger partial charge in [0, 0.05) is 38.3 Å². The first-order valence-corrected chi connectivity index (χ1v) is 33.4. The molecule has 16 heteroatoms. The molecule has 1 rings (SSSR count). The molecule has 85 heavy (non-hydrogen) atoms. The molecule has 1 aliphatic carbocycles. The molecule has 0 aromatic rings. The first-order chi connectivity index (χ1) is 39.3. The van der Waals surface area contributed by atoms with Crippen molar-refractivity contribution in [2.75, 3.05) is 6.54 Å². The quantitative estimate of drug-likeness (QED) is 0.0247. The fraction of sp³-hybridized carbons (Fsp3) is 0.855. The second-order valence-electron chi connectivity index (χ2n) is 26.6. The molecule has 2 amide bonds. The van der Waals surface area contributed by atoms with Gasteiger partial charge in [-0.2, -0.15) is 0 Å². The van der Waals surface area contributed by atoms with Crippen molar-refractivity contribution in [2.45, 2.75) is 351 Å². The molecule has 0 bridgehead atoms. The van der Waals surface area contributed by atoms with E-state index in [1.54, 1.807) is 27.7 Å². The fourth-order valence-corrected chi connectivity index (χ4v) is 11.1. The van der Waals surface area contributed by atoms with Gasteiger partial charge in [-0.3, -0.25) is 19.2 Å². The summed E-state index contributed by atoms with van der Waals surface area (Å²) in [5.74, 6) is -2.80. The molecule has 0 saturated heterocycles. The van der Waals surface area contributed by atoms with Crippen molar-refractivity contribution in [3.63, 3.8) is 0 Å². The number of nitrogens with one attached hydrogen (secondary N) is 2. The van der Waals surface area contributed by atoms with Crippen LogP contribution in [0.4, 0.5) is 9.59 Å².